The fourth-order valence-electron chi connectivity index (χ4n) is 1.95. The van der Waals surface area contributed by atoms with Crippen LogP contribution in [0.5, 0.6) is 0 Å². The quantitative estimate of drug-likeness (QED) is 0.733. The predicted octanol–water partition coefficient (Wildman–Crippen LogP) is 2.30. The van der Waals surface area contributed by atoms with Gasteiger partial charge in [-0.2, -0.15) is 0 Å². The van der Waals surface area contributed by atoms with Gasteiger partial charge in [0.1, 0.15) is 11.4 Å². The van der Waals surface area contributed by atoms with Crippen LogP contribution in [-0.2, 0) is 4.74 Å². The molecular weight excluding hydrogens is 324 g/mol. The van der Waals surface area contributed by atoms with E-state index in [-0.39, 0.29) is 6.09 Å². The van der Waals surface area contributed by atoms with E-state index in [4.69, 9.17) is 4.74 Å². The SMILES string of the molecule is CC(C)(C)OC(=O)N1CCN(c2ccnc(Br)n2)CC1. The number of carbonyl (C=O) groups excluding carboxylic acids is 1. The van der Waals surface area contributed by atoms with E-state index in [2.05, 4.69) is 30.8 Å². The van der Waals surface area contributed by atoms with Gasteiger partial charge in [0.05, 0.1) is 0 Å². The summed E-state index contributed by atoms with van der Waals surface area (Å²) in [6.07, 6.45) is 1.47. The third-order valence-corrected chi connectivity index (χ3v) is 3.25. The van der Waals surface area contributed by atoms with E-state index in [9.17, 15) is 4.79 Å². The molecule has 6 nitrogen and oxygen atoms in total. The molecule has 1 aliphatic heterocycles. The van der Waals surface area contributed by atoms with E-state index in [1.165, 1.54) is 0 Å². The number of carbonyl (C=O) groups is 1. The van der Waals surface area contributed by atoms with Crippen molar-refractivity contribution < 1.29 is 9.53 Å². The molecular formula is C13H19BrN4O2. The maximum atomic E-state index is 12.0. The lowest BCUT2D eigenvalue weighted by molar-refractivity contribution is 0.0240. The smallest absolute Gasteiger partial charge is 0.410 e. The summed E-state index contributed by atoms with van der Waals surface area (Å²) in [7, 11) is 0. The van der Waals surface area contributed by atoms with Crippen molar-refractivity contribution in [1.29, 1.82) is 0 Å². The second kappa shape index (κ2) is 5.95. The summed E-state index contributed by atoms with van der Waals surface area (Å²) < 4.78 is 5.95. The number of halogens is 1. The maximum absolute atomic E-state index is 12.0. The third kappa shape index (κ3) is 4.06. The van der Waals surface area contributed by atoms with Crippen LogP contribution in [0.4, 0.5) is 10.6 Å². The molecule has 1 aliphatic rings. The zero-order valence-corrected chi connectivity index (χ0v) is 13.6. The molecule has 0 unspecified atom stereocenters. The van der Waals surface area contributed by atoms with Crippen molar-refractivity contribution >= 4 is 27.8 Å². The van der Waals surface area contributed by atoms with Gasteiger partial charge in [-0.05, 0) is 42.8 Å². The van der Waals surface area contributed by atoms with Crippen LogP contribution in [-0.4, -0.2) is 52.7 Å². The molecule has 0 radical (unpaired) electrons. The summed E-state index contributed by atoms with van der Waals surface area (Å²) in [5.41, 5.74) is -0.453. The Morgan fingerprint density at radius 2 is 1.95 bits per heavy atom. The lowest BCUT2D eigenvalue weighted by Gasteiger charge is -2.36. The third-order valence-electron chi connectivity index (χ3n) is 2.87. The molecule has 7 heteroatoms. The van der Waals surface area contributed by atoms with Crippen molar-refractivity contribution in [3.63, 3.8) is 0 Å². The standard InChI is InChI=1S/C13H19BrN4O2/c1-13(2,3)20-12(19)18-8-6-17(7-9-18)10-4-5-15-11(14)16-10/h4-5H,6-9H2,1-3H3. The second-order valence-corrected chi connectivity index (χ2v) is 6.35. The summed E-state index contributed by atoms with van der Waals surface area (Å²) in [4.78, 5) is 24.2. The van der Waals surface area contributed by atoms with Gasteiger partial charge in [0.25, 0.3) is 0 Å². The molecule has 0 spiro atoms. The Bertz CT molecular complexity index is 482. The van der Waals surface area contributed by atoms with Crippen molar-refractivity contribution in [2.45, 2.75) is 26.4 Å². The number of nitrogens with zero attached hydrogens (tertiary/aromatic N) is 4. The fourth-order valence-corrected chi connectivity index (χ4v) is 2.25. The Kier molecular flexibility index (Phi) is 4.47. The molecule has 0 N–H and O–H groups in total. The molecule has 0 bridgehead atoms. The van der Waals surface area contributed by atoms with E-state index >= 15 is 0 Å². The number of hydrogen-bond donors (Lipinski definition) is 0. The van der Waals surface area contributed by atoms with E-state index in [1.807, 2.05) is 26.8 Å². The van der Waals surface area contributed by atoms with Crippen molar-refractivity contribution in [3.05, 3.63) is 17.0 Å². The number of ether oxygens (including phenoxy) is 1. The van der Waals surface area contributed by atoms with E-state index in [0.29, 0.717) is 17.8 Å². The minimum Gasteiger partial charge on any atom is -0.444 e. The molecule has 0 saturated carbocycles. The molecule has 0 atom stereocenters. The predicted molar refractivity (Wildman–Crippen MR) is 79.8 cm³/mol. The van der Waals surface area contributed by atoms with Crippen molar-refractivity contribution in [2.24, 2.45) is 0 Å². The highest BCUT2D eigenvalue weighted by Gasteiger charge is 2.26. The van der Waals surface area contributed by atoms with Gasteiger partial charge in [-0.25, -0.2) is 14.8 Å². The maximum Gasteiger partial charge on any atom is 0.410 e. The molecule has 2 rings (SSSR count). The molecule has 1 fully saturated rings. The summed E-state index contributed by atoms with van der Waals surface area (Å²) >= 11 is 3.26. The summed E-state index contributed by atoms with van der Waals surface area (Å²) in [6, 6.07) is 1.87. The number of hydrogen-bond acceptors (Lipinski definition) is 5. The number of aromatic nitrogens is 2. The fraction of sp³-hybridized carbons (Fsp3) is 0.615. The Morgan fingerprint density at radius 3 is 2.50 bits per heavy atom. The second-order valence-electron chi connectivity index (χ2n) is 5.64. The first kappa shape index (κ1) is 15.0. The van der Waals surface area contributed by atoms with Crippen molar-refractivity contribution in [2.75, 3.05) is 31.1 Å². The molecule has 1 amide bonds. The van der Waals surface area contributed by atoms with Crippen LogP contribution in [0.2, 0.25) is 0 Å². The first-order valence-corrected chi connectivity index (χ1v) is 7.36. The summed E-state index contributed by atoms with van der Waals surface area (Å²) in [5, 5.41) is 0. The van der Waals surface area contributed by atoms with Crippen LogP contribution in [0.1, 0.15) is 20.8 Å². The highest BCUT2D eigenvalue weighted by atomic mass is 79.9. The zero-order valence-electron chi connectivity index (χ0n) is 12.0. The van der Waals surface area contributed by atoms with E-state index in [0.717, 1.165) is 18.9 Å². The first-order chi connectivity index (χ1) is 9.35. The zero-order chi connectivity index (χ0) is 14.8. The Hall–Kier alpha value is -1.37. The summed E-state index contributed by atoms with van der Waals surface area (Å²) in [6.45, 7) is 8.37. The van der Waals surface area contributed by atoms with Crippen LogP contribution in [0.15, 0.2) is 17.0 Å². The van der Waals surface area contributed by atoms with Gasteiger partial charge in [-0.1, -0.05) is 0 Å². The molecule has 1 aromatic rings. The van der Waals surface area contributed by atoms with E-state index < -0.39 is 5.60 Å². The van der Waals surface area contributed by atoms with Crippen molar-refractivity contribution in [3.8, 4) is 0 Å². The first-order valence-electron chi connectivity index (χ1n) is 6.56. The van der Waals surface area contributed by atoms with Gasteiger partial charge in [0, 0.05) is 32.4 Å². The lowest BCUT2D eigenvalue weighted by Crippen LogP contribution is -2.50. The minimum absolute atomic E-state index is 0.249. The largest absolute Gasteiger partial charge is 0.444 e. The highest BCUT2D eigenvalue weighted by Crippen LogP contribution is 2.16. The van der Waals surface area contributed by atoms with Gasteiger partial charge < -0.3 is 14.5 Å². The monoisotopic (exact) mass is 342 g/mol. The Balaban J connectivity index is 1.91. The highest BCUT2D eigenvalue weighted by molar-refractivity contribution is 9.10. The van der Waals surface area contributed by atoms with Gasteiger partial charge in [-0.3, -0.25) is 0 Å². The molecule has 1 aromatic heterocycles. The van der Waals surface area contributed by atoms with Crippen LogP contribution in [0, 0.1) is 0 Å². The number of piperazine rings is 1. The lowest BCUT2D eigenvalue weighted by atomic mass is 10.2. The van der Waals surface area contributed by atoms with Crippen LogP contribution in [0.3, 0.4) is 0 Å². The number of amides is 1. The van der Waals surface area contributed by atoms with Crippen molar-refractivity contribution in [1.82, 2.24) is 14.9 Å². The normalized spacial score (nSPS) is 16.2. The molecule has 0 aliphatic carbocycles. The molecule has 2 heterocycles. The minimum atomic E-state index is -0.453. The molecule has 110 valence electrons. The van der Waals surface area contributed by atoms with E-state index in [1.54, 1.807) is 11.1 Å². The summed E-state index contributed by atoms with van der Waals surface area (Å²) in [5.74, 6) is 0.871. The molecule has 1 saturated heterocycles. The topological polar surface area (TPSA) is 58.6 Å². The number of anilines is 1. The van der Waals surface area contributed by atoms with Crippen LogP contribution < -0.4 is 4.90 Å². The van der Waals surface area contributed by atoms with Crippen LogP contribution in [0.25, 0.3) is 0 Å². The Labute approximate surface area is 127 Å². The average Bonchev–Trinajstić information content (AvgIpc) is 2.37. The number of rotatable bonds is 1. The van der Waals surface area contributed by atoms with Gasteiger partial charge in [-0.15, -0.1) is 0 Å². The molecule has 0 aromatic carbocycles. The Morgan fingerprint density at radius 1 is 1.30 bits per heavy atom. The van der Waals surface area contributed by atoms with Gasteiger partial charge >= 0.3 is 6.09 Å². The van der Waals surface area contributed by atoms with Crippen LogP contribution >= 0.6 is 15.9 Å². The molecule has 20 heavy (non-hydrogen) atoms. The average molecular weight is 343 g/mol. The van der Waals surface area contributed by atoms with Gasteiger partial charge in [0.15, 0.2) is 4.73 Å². The van der Waals surface area contributed by atoms with Gasteiger partial charge in [0.2, 0.25) is 0 Å².